The summed E-state index contributed by atoms with van der Waals surface area (Å²) in [6.45, 7) is 0. The molecule has 1 saturated carbocycles. The molecule has 3 aliphatic rings. The first-order chi connectivity index (χ1) is 16.1. The first-order valence-corrected chi connectivity index (χ1v) is 11.1. The Hall–Kier alpha value is -3.99. The molecule has 3 aromatic rings. The summed E-state index contributed by atoms with van der Waals surface area (Å²) in [5.74, 6) is -0.442. The summed E-state index contributed by atoms with van der Waals surface area (Å²) < 4.78 is 5.50. The number of ether oxygens (including phenoxy) is 1. The fourth-order valence-electron chi connectivity index (χ4n) is 5.42. The van der Waals surface area contributed by atoms with Crippen molar-refractivity contribution in [2.45, 2.75) is 6.42 Å². The number of amides is 2. The Kier molecular flexibility index (Phi) is 4.50. The minimum absolute atomic E-state index is 0.129. The van der Waals surface area contributed by atoms with Crippen molar-refractivity contribution in [3.05, 3.63) is 96.6 Å². The lowest BCUT2D eigenvalue weighted by atomic mass is 9.85. The van der Waals surface area contributed by atoms with E-state index < -0.39 is 5.97 Å². The van der Waals surface area contributed by atoms with Crippen molar-refractivity contribution in [1.82, 2.24) is 0 Å². The lowest BCUT2D eigenvalue weighted by Gasteiger charge is -2.17. The Balaban J connectivity index is 1.15. The van der Waals surface area contributed by atoms with Crippen LogP contribution in [0.4, 0.5) is 5.69 Å². The quantitative estimate of drug-likeness (QED) is 0.254. The molecule has 1 aliphatic heterocycles. The molecule has 2 amide bonds. The van der Waals surface area contributed by atoms with Gasteiger partial charge in [-0.3, -0.25) is 14.5 Å². The summed E-state index contributed by atoms with van der Waals surface area (Å²) >= 11 is 0. The summed E-state index contributed by atoms with van der Waals surface area (Å²) in [7, 11) is 0. The van der Waals surface area contributed by atoms with Gasteiger partial charge in [-0.05, 0) is 65.8 Å². The molecule has 33 heavy (non-hydrogen) atoms. The van der Waals surface area contributed by atoms with Crippen LogP contribution in [0.1, 0.15) is 16.8 Å². The van der Waals surface area contributed by atoms with Crippen molar-refractivity contribution < 1.29 is 19.1 Å². The monoisotopic (exact) mass is 435 g/mol. The largest absolute Gasteiger partial charge is 0.423 e. The van der Waals surface area contributed by atoms with Crippen LogP contribution in [0, 0.1) is 23.7 Å². The van der Waals surface area contributed by atoms with Crippen LogP contribution in [0.25, 0.3) is 11.1 Å². The highest BCUT2D eigenvalue weighted by Crippen LogP contribution is 2.53. The molecule has 2 aliphatic carbocycles. The highest BCUT2D eigenvalue weighted by atomic mass is 16.5. The van der Waals surface area contributed by atoms with Crippen LogP contribution in [0.2, 0.25) is 0 Å². The number of carbonyl (C=O) groups is 3. The second-order valence-corrected chi connectivity index (χ2v) is 8.84. The molecule has 162 valence electrons. The number of hydrogen-bond donors (Lipinski definition) is 0. The molecule has 0 aromatic heterocycles. The van der Waals surface area contributed by atoms with E-state index in [1.807, 2.05) is 42.5 Å². The molecule has 5 heteroatoms. The third-order valence-electron chi connectivity index (χ3n) is 7.00. The van der Waals surface area contributed by atoms with Gasteiger partial charge in [0.2, 0.25) is 11.8 Å². The minimum Gasteiger partial charge on any atom is -0.423 e. The van der Waals surface area contributed by atoms with Gasteiger partial charge in [0.15, 0.2) is 0 Å². The van der Waals surface area contributed by atoms with E-state index in [1.54, 1.807) is 36.4 Å². The van der Waals surface area contributed by atoms with Gasteiger partial charge in [-0.1, -0.05) is 54.6 Å². The molecule has 0 spiro atoms. The highest BCUT2D eigenvalue weighted by molar-refractivity contribution is 6.22. The van der Waals surface area contributed by atoms with Gasteiger partial charge < -0.3 is 4.74 Å². The van der Waals surface area contributed by atoms with Crippen molar-refractivity contribution in [3.8, 4) is 16.9 Å². The number of rotatable bonds is 4. The molecule has 0 unspecified atom stereocenters. The second kappa shape index (κ2) is 7.55. The zero-order valence-corrected chi connectivity index (χ0v) is 17.8. The molecular formula is C28H21NO4. The molecule has 2 bridgehead atoms. The predicted octanol–water partition coefficient (Wildman–Crippen LogP) is 4.88. The zero-order chi connectivity index (χ0) is 22.5. The number of allylic oxidation sites excluding steroid dienone is 2. The Bertz CT molecular complexity index is 1250. The van der Waals surface area contributed by atoms with Crippen LogP contribution in [0.3, 0.4) is 0 Å². The average molecular weight is 435 g/mol. The number of benzene rings is 3. The number of esters is 1. The van der Waals surface area contributed by atoms with Gasteiger partial charge in [0.25, 0.3) is 0 Å². The van der Waals surface area contributed by atoms with E-state index in [9.17, 15) is 14.4 Å². The summed E-state index contributed by atoms with van der Waals surface area (Å²) in [6.07, 6.45) is 5.05. The molecule has 1 saturated heterocycles. The summed E-state index contributed by atoms with van der Waals surface area (Å²) in [5.41, 5.74) is 2.98. The maximum atomic E-state index is 13.0. The summed E-state index contributed by atoms with van der Waals surface area (Å²) in [5, 5.41) is 0. The normalized spacial score (nSPS) is 24.9. The standard InChI is InChI=1S/C28H21NO4/c30-26-24-20-6-7-21(16-20)25(24)27(31)29(26)22-12-8-19(9-13-22)28(32)33-23-14-10-18(11-15-23)17-4-2-1-3-5-17/h1-15,20-21,24-25H,16H2/t20-,21-,24-,25+/m0/s1. The van der Waals surface area contributed by atoms with Crippen molar-refractivity contribution in [1.29, 1.82) is 0 Å². The predicted molar refractivity (Wildman–Crippen MR) is 123 cm³/mol. The minimum atomic E-state index is -0.493. The molecule has 4 atom stereocenters. The molecule has 2 fully saturated rings. The molecule has 1 heterocycles. The molecular weight excluding hydrogens is 414 g/mol. The maximum Gasteiger partial charge on any atom is 0.343 e. The van der Waals surface area contributed by atoms with E-state index in [0.29, 0.717) is 17.0 Å². The average Bonchev–Trinajstić information content (AvgIpc) is 3.54. The number of fused-ring (bicyclic) bond motifs is 5. The third-order valence-corrected chi connectivity index (χ3v) is 7.00. The van der Waals surface area contributed by atoms with E-state index in [4.69, 9.17) is 4.74 Å². The fraction of sp³-hybridized carbons (Fsp3) is 0.179. The third kappa shape index (κ3) is 3.20. The number of nitrogens with zero attached hydrogens (tertiary/aromatic N) is 1. The van der Waals surface area contributed by atoms with Crippen molar-refractivity contribution in [3.63, 3.8) is 0 Å². The van der Waals surface area contributed by atoms with Crippen LogP contribution >= 0.6 is 0 Å². The van der Waals surface area contributed by atoms with Gasteiger partial charge in [0, 0.05) is 0 Å². The maximum absolute atomic E-state index is 13.0. The van der Waals surface area contributed by atoms with E-state index in [1.165, 1.54) is 4.90 Å². The first-order valence-electron chi connectivity index (χ1n) is 11.1. The SMILES string of the molecule is O=C(Oc1ccc(-c2ccccc2)cc1)c1ccc(N2C(=O)[C@@H]3[C@H](C2=O)[C@H]2C=C[C@H]3C2)cc1. The zero-order valence-electron chi connectivity index (χ0n) is 17.8. The van der Waals surface area contributed by atoms with E-state index in [-0.39, 0.29) is 35.5 Å². The molecule has 3 aromatic carbocycles. The van der Waals surface area contributed by atoms with Gasteiger partial charge in [-0.25, -0.2) is 4.79 Å². The van der Waals surface area contributed by atoms with Gasteiger partial charge in [0.1, 0.15) is 5.75 Å². The molecule has 0 N–H and O–H groups in total. The Morgan fingerprint density at radius 3 is 1.91 bits per heavy atom. The summed E-state index contributed by atoms with van der Waals surface area (Å²) in [6, 6.07) is 23.8. The Labute approximate surface area is 191 Å². The van der Waals surface area contributed by atoms with E-state index in [0.717, 1.165) is 17.5 Å². The number of carbonyl (C=O) groups excluding carboxylic acids is 3. The lowest BCUT2D eigenvalue weighted by molar-refractivity contribution is -0.123. The lowest BCUT2D eigenvalue weighted by Crippen LogP contribution is -2.32. The summed E-state index contributed by atoms with van der Waals surface area (Å²) in [4.78, 5) is 39.8. The van der Waals surface area contributed by atoms with Crippen molar-refractivity contribution >= 4 is 23.5 Å². The van der Waals surface area contributed by atoms with Crippen molar-refractivity contribution in [2.75, 3.05) is 4.90 Å². The van der Waals surface area contributed by atoms with Crippen LogP contribution in [-0.2, 0) is 9.59 Å². The second-order valence-electron chi connectivity index (χ2n) is 8.84. The Morgan fingerprint density at radius 2 is 1.30 bits per heavy atom. The molecule has 5 nitrogen and oxygen atoms in total. The Morgan fingerprint density at radius 1 is 0.727 bits per heavy atom. The van der Waals surface area contributed by atoms with Crippen LogP contribution in [0.5, 0.6) is 5.75 Å². The van der Waals surface area contributed by atoms with Crippen molar-refractivity contribution in [2.24, 2.45) is 23.7 Å². The molecule has 0 radical (unpaired) electrons. The highest BCUT2D eigenvalue weighted by Gasteiger charge is 2.59. The fourth-order valence-corrected chi connectivity index (χ4v) is 5.42. The van der Waals surface area contributed by atoms with Gasteiger partial charge in [-0.2, -0.15) is 0 Å². The molecule has 6 rings (SSSR count). The van der Waals surface area contributed by atoms with Gasteiger partial charge in [-0.15, -0.1) is 0 Å². The van der Waals surface area contributed by atoms with Crippen LogP contribution in [-0.4, -0.2) is 17.8 Å². The van der Waals surface area contributed by atoms with Crippen LogP contribution in [0.15, 0.2) is 91.0 Å². The number of hydrogen-bond acceptors (Lipinski definition) is 4. The number of imide groups is 1. The van der Waals surface area contributed by atoms with Gasteiger partial charge >= 0.3 is 5.97 Å². The smallest absolute Gasteiger partial charge is 0.343 e. The van der Waals surface area contributed by atoms with E-state index in [2.05, 4.69) is 12.2 Å². The number of anilines is 1. The first kappa shape index (κ1) is 19.7. The van der Waals surface area contributed by atoms with Crippen LogP contribution < -0.4 is 9.64 Å². The van der Waals surface area contributed by atoms with E-state index >= 15 is 0 Å². The topological polar surface area (TPSA) is 63.7 Å². The van der Waals surface area contributed by atoms with Gasteiger partial charge in [0.05, 0.1) is 23.1 Å².